The van der Waals surface area contributed by atoms with Crippen molar-refractivity contribution >= 4 is 44.4 Å². The predicted molar refractivity (Wildman–Crippen MR) is 154 cm³/mol. The maximum absolute atomic E-state index is 2.52. The highest BCUT2D eigenvalue weighted by Crippen LogP contribution is 2.42. The van der Waals surface area contributed by atoms with Crippen LogP contribution in [0, 0.1) is 0 Å². The minimum atomic E-state index is -0.541. The summed E-state index contributed by atoms with van der Waals surface area (Å²) in [6.45, 7) is 0.740. The third kappa shape index (κ3) is 5.66. The van der Waals surface area contributed by atoms with Crippen molar-refractivity contribution in [2.75, 3.05) is 0 Å². The summed E-state index contributed by atoms with van der Waals surface area (Å²) >= 11 is 0. The molecule has 2 fully saturated rings. The van der Waals surface area contributed by atoms with Crippen LogP contribution in [-0.2, 0) is 0 Å². The van der Waals surface area contributed by atoms with Crippen LogP contribution in [0.3, 0.4) is 0 Å². The maximum atomic E-state index is 2.52. The highest BCUT2D eigenvalue weighted by atomic mass is 31.1. The first-order valence-electron chi connectivity index (χ1n) is 12.9. The molecule has 0 saturated heterocycles. The molecular weight excluding hydrogens is 413 g/mol. The molecule has 0 atom stereocenters. The van der Waals surface area contributed by atoms with E-state index in [9.17, 15) is 0 Å². The second-order valence-electron chi connectivity index (χ2n) is 9.89. The third-order valence-electron chi connectivity index (χ3n) is 7.88. The quantitative estimate of drug-likeness (QED) is 0.336. The molecular formula is C30H39B2P. The van der Waals surface area contributed by atoms with E-state index in [0.29, 0.717) is 0 Å². The van der Waals surface area contributed by atoms with Gasteiger partial charge in [0.05, 0.1) is 8.41 Å². The lowest BCUT2D eigenvalue weighted by Gasteiger charge is -2.37. The third-order valence-corrected chi connectivity index (χ3v) is 10.4. The first-order chi connectivity index (χ1) is 15.9. The molecule has 2 aliphatic carbocycles. The molecule has 0 bridgehead atoms. The van der Waals surface area contributed by atoms with Gasteiger partial charge in [0, 0.05) is 0 Å². The Kier molecular flexibility index (Phi) is 8.91. The summed E-state index contributed by atoms with van der Waals surface area (Å²) in [5.74, 6) is 1.74. The molecule has 0 heterocycles. The molecule has 5 rings (SSSR count). The highest BCUT2D eigenvalue weighted by molar-refractivity contribution is 7.80. The normalized spacial score (nSPS) is 17.5. The Morgan fingerprint density at radius 1 is 0.515 bits per heavy atom. The fraction of sp³-hybridized carbons (Fsp3) is 0.400. The summed E-state index contributed by atoms with van der Waals surface area (Å²) in [6, 6.07) is 32.2. The van der Waals surface area contributed by atoms with Crippen LogP contribution in [0.1, 0.15) is 64.2 Å². The minimum Gasteiger partial charge on any atom is -0.0713 e. The van der Waals surface area contributed by atoms with Crippen molar-refractivity contribution in [3.05, 3.63) is 84.9 Å². The topological polar surface area (TPSA) is 0 Å². The first kappa shape index (κ1) is 24.3. The molecule has 0 unspecified atom stereocenters. The van der Waals surface area contributed by atoms with E-state index >= 15 is 0 Å². The van der Waals surface area contributed by atoms with Gasteiger partial charge >= 0.3 is 0 Å². The smallest absolute Gasteiger partial charge is 0.0713 e. The number of hydrogen-bond donors (Lipinski definition) is 0. The van der Waals surface area contributed by atoms with E-state index in [1.54, 1.807) is 10.8 Å². The van der Waals surface area contributed by atoms with Gasteiger partial charge in [0.25, 0.3) is 0 Å². The molecule has 3 aromatic rings. The molecule has 0 spiro atoms. The summed E-state index contributed by atoms with van der Waals surface area (Å²) in [4.78, 5) is 0. The lowest BCUT2D eigenvalue weighted by atomic mass is 9.27. The average molecular weight is 452 g/mol. The molecule has 33 heavy (non-hydrogen) atoms. The Hall–Kier alpha value is -1.78. The molecule has 3 aromatic carbocycles. The van der Waals surface area contributed by atoms with Crippen molar-refractivity contribution < 1.29 is 0 Å². The zero-order valence-electron chi connectivity index (χ0n) is 19.3. The molecule has 2 saturated carbocycles. The second-order valence-corrected chi connectivity index (χ2v) is 12.1. The molecule has 170 valence electrons. The molecule has 2 aliphatic rings. The molecule has 0 aromatic heterocycles. The van der Waals surface area contributed by atoms with Crippen LogP contribution >= 0.6 is 7.92 Å². The van der Waals surface area contributed by atoms with E-state index in [1.165, 1.54) is 74.8 Å². The molecule has 0 amide bonds. The summed E-state index contributed by atoms with van der Waals surface area (Å²) in [5.41, 5.74) is 1.69. The van der Waals surface area contributed by atoms with Crippen LogP contribution in [0.5, 0.6) is 0 Å². The van der Waals surface area contributed by atoms with Crippen LogP contribution < -0.4 is 21.4 Å². The van der Waals surface area contributed by atoms with Gasteiger partial charge in [0.15, 0.2) is 6.71 Å². The monoisotopic (exact) mass is 452 g/mol. The van der Waals surface area contributed by atoms with E-state index in [-0.39, 0.29) is 8.41 Å². The van der Waals surface area contributed by atoms with Crippen LogP contribution in [0.4, 0.5) is 0 Å². The molecule has 0 N–H and O–H groups in total. The van der Waals surface area contributed by atoms with E-state index in [0.717, 1.165) is 18.3 Å². The van der Waals surface area contributed by atoms with Crippen LogP contribution in [0.2, 0.25) is 11.6 Å². The Morgan fingerprint density at radius 3 is 1.42 bits per heavy atom. The van der Waals surface area contributed by atoms with Crippen molar-refractivity contribution in [2.45, 2.75) is 75.8 Å². The first-order valence-corrected chi connectivity index (χ1v) is 14.2. The zero-order chi connectivity index (χ0) is 21.6. The van der Waals surface area contributed by atoms with E-state index < -0.39 is 7.92 Å². The molecule has 0 radical (unpaired) electrons. The van der Waals surface area contributed by atoms with E-state index in [2.05, 4.69) is 84.9 Å². The van der Waals surface area contributed by atoms with Gasteiger partial charge in [0.2, 0.25) is 0 Å². The standard InChI is InChI=1S/C30H36BP.BH3/c1-5-15-25(16-6-1)31(26-17-7-2-8-18-26)29-23-13-14-24-30(29)32(27-19-9-3-10-20-27)28-21-11-4-12-22-28;/h3-4,9-14,19-26H,1-2,5-8,15-18H2;1H3. The number of rotatable bonds is 6. The molecule has 0 aliphatic heterocycles. The van der Waals surface area contributed by atoms with Gasteiger partial charge in [-0.3, -0.25) is 0 Å². The van der Waals surface area contributed by atoms with Crippen molar-refractivity contribution in [1.82, 2.24) is 0 Å². The van der Waals surface area contributed by atoms with Gasteiger partial charge in [-0.1, -0.05) is 166 Å². The summed E-state index contributed by atoms with van der Waals surface area (Å²) in [5, 5.41) is 4.57. The van der Waals surface area contributed by atoms with Crippen LogP contribution in [-0.4, -0.2) is 15.1 Å². The Labute approximate surface area is 205 Å². The lowest BCUT2D eigenvalue weighted by molar-refractivity contribution is 0.465. The van der Waals surface area contributed by atoms with Crippen molar-refractivity contribution in [3.63, 3.8) is 0 Å². The summed E-state index contributed by atoms with van der Waals surface area (Å²) in [6.07, 6.45) is 14.4. The minimum absolute atomic E-state index is 0. The predicted octanol–water partition coefficient (Wildman–Crippen LogP) is 5.63. The van der Waals surface area contributed by atoms with Gasteiger partial charge in [-0.2, -0.15) is 0 Å². The zero-order valence-corrected chi connectivity index (χ0v) is 20.2. The molecule has 0 nitrogen and oxygen atoms in total. The highest BCUT2D eigenvalue weighted by Gasteiger charge is 2.38. The van der Waals surface area contributed by atoms with Gasteiger partial charge in [-0.05, 0) is 23.8 Å². The van der Waals surface area contributed by atoms with Crippen LogP contribution in [0.15, 0.2) is 84.9 Å². The Bertz CT molecular complexity index is 905. The second kappa shape index (κ2) is 12.1. The SMILES string of the molecule is B.c1ccc(P(c2ccccc2)c2ccccc2B(C2CCCCC2)C2CCCCC2)cc1. The van der Waals surface area contributed by atoms with Gasteiger partial charge in [0.1, 0.15) is 0 Å². The van der Waals surface area contributed by atoms with Crippen molar-refractivity contribution in [3.8, 4) is 0 Å². The van der Waals surface area contributed by atoms with E-state index in [4.69, 9.17) is 0 Å². The lowest BCUT2D eigenvalue weighted by Crippen LogP contribution is -2.48. The maximum Gasteiger partial charge on any atom is 0.183 e. The molecule has 3 heteroatoms. The van der Waals surface area contributed by atoms with Crippen LogP contribution in [0.25, 0.3) is 0 Å². The Balaban J connectivity index is 0.00000259. The largest absolute Gasteiger partial charge is 0.183 e. The average Bonchev–Trinajstić information content (AvgIpc) is 2.88. The fourth-order valence-corrected chi connectivity index (χ4v) is 8.95. The van der Waals surface area contributed by atoms with Crippen molar-refractivity contribution in [2.24, 2.45) is 0 Å². The number of benzene rings is 3. The summed E-state index contributed by atoms with van der Waals surface area (Å²) < 4.78 is 0. The van der Waals surface area contributed by atoms with E-state index in [1.807, 2.05) is 0 Å². The van der Waals surface area contributed by atoms with Gasteiger partial charge in [-0.15, -0.1) is 0 Å². The van der Waals surface area contributed by atoms with Gasteiger partial charge < -0.3 is 0 Å². The van der Waals surface area contributed by atoms with Gasteiger partial charge in [-0.25, -0.2) is 0 Å². The van der Waals surface area contributed by atoms with Crippen molar-refractivity contribution in [1.29, 1.82) is 0 Å². The number of hydrogen-bond acceptors (Lipinski definition) is 0. The summed E-state index contributed by atoms with van der Waals surface area (Å²) in [7, 11) is -0.541. The fourth-order valence-electron chi connectivity index (χ4n) is 6.43. The Morgan fingerprint density at radius 2 is 0.939 bits per heavy atom.